The third-order valence-corrected chi connectivity index (χ3v) is 6.95. The molecule has 5 rings (SSSR count). The standard InChI is InChI=1S/C22H29N3O3/c26-20(18-6-7-18)25-13-19-14-28-16-22(19,15-25)21(27)24-10-8-23(9-11-24)12-17-4-2-1-3-5-17/h1-5,18-19H,6-16H2/t19?,22-/m1/s1. The molecule has 3 heterocycles. The summed E-state index contributed by atoms with van der Waals surface area (Å²) in [6, 6.07) is 10.5. The molecule has 1 saturated carbocycles. The van der Waals surface area contributed by atoms with Crippen LogP contribution in [0.3, 0.4) is 0 Å². The van der Waals surface area contributed by atoms with Crippen LogP contribution in [0.2, 0.25) is 0 Å². The highest BCUT2D eigenvalue weighted by atomic mass is 16.5. The molecule has 2 atom stereocenters. The Morgan fingerprint density at radius 1 is 1.04 bits per heavy atom. The molecule has 6 heteroatoms. The van der Waals surface area contributed by atoms with E-state index in [1.54, 1.807) is 0 Å². The second-order valence-electron chi connectivity index (χ2n) is 8.92. The molecule has 0 bridgehead atoms. The largest absolute Gasteiger partial charge is 0.380 e. The smallest absolute Gasteiger partial charge is 0.233 e. The molecule has 2 amide bonds. The fourth-order valence-corrected chi connectivity index (χ4v) is 5.06. The summed E-state index contributed by atoms with van der Waals surface area (Å²) < 4.78 is 5.74. The Morgan fingerprint density at radius 2 is 1.79 bits per heavy atom. The molecule has 4 aliphatic rings. The Bertz CT molecular complexity index is 743. The number of hydrogen-bond donors (Lipinski definition) is 0. The van der Waals surface area contributed by atoms with E-state index in [-0.39, 0.29) is 23.7 Å². The highest BCUT2D eigenvalue weighted by molar-refractivity contribution is 5.87. The average Bonchev–Trinajstić information content (AvgIpc) is 3.39. The van der Waals surface area contributed by atoms with Crippen LogP contribution in [0.1, 0.15) is 18.4 Å². The molecular formula is C22H29N3O3. The minimum Gasteiger partial charge on any atom is -0.380 e. The van der Waals surface area contributed by atoms with Crippen molar-refractivity contribution in [1.29, 1.82) is 0 Å². The Hall–Kier alpha value is -1.92. The molecule has 150 valence electrons. The van der Waals surface area contributed by atoms with Crippen molar-refractivity contribution in [2.24, 2.45) is 17.3 Å². The van der Waals surface area contributed by atoms with Gasteiger partial charge in [-0.15, -0.1) is 0 Å². The van der Waals surface area contributed by atoms with Crippen molar-refractivity contribution in [3.05, 3.63) is 35.9 Å². The number of likely N-dealkylation sites (tertiary alicyclic amines) is 1. The quantitative estimate of drug-likeness (QED) is 0.785. The van der Waals surface area contributed by atoms with E-state index in [0.29, 0.717) is 26.3 Å². The molecule has 0 radical (unpaired) electrons. The van der Waals surface area contributed by atoms with Crippen molar-refractivity contribution >= 4 is 11.8 Å². The number of piperazine rings is 1. The van der Waals surface area contributed by atoms with E-state index in [1.165, 1.54) is 5.56 Å². The van der Waals surface area contributed by atoms with Gasteiger partial charge in [0.2, 0.25) is 11.8 Å². The number of hydrogen-bond acceptors (Lipinski definition) is 4. The van der Waals surface area contributed by atoms with Gasteiger partial charge in [0, 0.05) is 57.6 Å². The number of fused-ring (bicyclic) bond motifs is 1. The van der Waals surface area contributed by atoms with Gasteiger partial charge in [-0.3, -0.25) is 14.5 Å². The minimum absolute atomic E-state index is 0.157. The number of carbonyl (C=O) groups excluding carboxylic acids is 2. The molecular weight excluding hydrogens is 354 g/mol. The Morgan fingerprint density at radius 3 is 2.50 bits per heavy atom. The van der Waals surface area contributed by atoms with Crippen LogP contribution in [0, 0.1) is 17.3 Å². The van der Waals surface area contributed by atoms with Crippen LogP contribution in [0.4, 0.5) is 0 Å². The van der Waals surface area contributed by atoms with Crippen LogP contribution < -0.4 is 0 Å². The Kier molecular flexibility index (Phi) is 4.63. The lowest BCUT2D eigenvalue weighted by Crippen LogP contribution is -2.55. The van der Waals surface area contributed by atoms with E-state index in [2.05, 4.69) is 29.2 Å². The van der Waals surface area contributed by atoms with E-state index in [1.807, 2.05) is 15.9 Å². The third-order valence-electron chi connectivity index (χ3n) is 6.95. The first-order chi connectivity index (χ1) is 13.7. The van der Waals surface area contributed by atoms with E-state index in [9.17, 15) is 9.59 Å². The van der Waals surface area contributed by atoms with E-state index < -0.39 is 5.41 Å². The van der Waals surface area contributed by atoms with Gasteiger partial charge in [0.15, 0.2) is 0 Å². The molecule has 1 aromatic carbocycles. The van der Waals surface area contributed by atoms with Gasteiger partial charge in [-0.2, -0.15) is 0 Å². The van der Waals surface area contributed by atoms with Gasteiger partial charge in [-0.05, 0) is 18.4 Å². The van der Waals surface area contributed by atoms with Crippen LogP contribution in [0.15, 0.2) is 30.3 Å². The Labute approximate surface area is 166 Å². The van der Waals surface area contributed by atoms with Crippen LogP contribution in [-0.4, -0.2) is 79.0 Å². The maximum Gasteiger partial charge on any atom is 0.233 e. The predicted octanol–water partition coefficient (Wildman–Crippen LogP) is 1.22. The first-order valence-electron chi connectivity index (χ1n) is 10.6. The highest BCUT2D eigenvalue weighted by Crippen LogP contribution is 2.44. The minimum atomic E-state index is -0.508. The van der Waals surface area contributed by atoms with Gasteiger partial charge in [-0.1, -0.05) is 30.3 Å². The van der Waals surface area contributed by atoms with Crippen LogP contribution >= 0.6 is 0 Å². The second kappa shape index (κ2) is 7.16. The summed E-state index contributed by atoms with van der Waals surface area (Å²) >= 11 is 0. The van der Waals surface area contributed by atoms with Gasteiger partial charge >= 0.3 is 0 Å². The molecule has 6 nitrogen and oxygen atoms in total. The lowest BCUT2D eigenvalue weighted by atomic mass is 9.79. The lowest BCUT2D eigenvalue weighted by Gasteiger charge is -2.39. The molecule has 4 fully saturated rings. The molecule has 1 aromatic rings. The van der Waals surface area contributed by atoms with Gasteiger partial charge in [0.1, 0.15) is 0 Å². The van der Waals surface area contributed by atoms with Crippen molar-refractivity contribution < 1.29 is 14.3 Å². The summed E-state index contributed by atoms with van der Waals surface area (Å²) in [6.07, 6.45) is 2.03. The van der Waals surface area contributed by atoms with Crippen molar-refractivity contribution in [2.45, 2.75) is 19.4 Å². The summed E-state index contributed by atoms with van der Waals surface area (Å²) in [5.74, 6) is 0.841. The van der Waals surface area contributed by atoms with Gasteiger partial charge in [-0.25, -0.2) is 0 Å². The molecule has 0 N–H and O–H groups in total. The van der Waals surface area contributed by atoms with Gasteiger partial charge in [0.05, 0.1) is 18.6 Å². The number of rotatable bonds is 4. The predicted molar refractivity (Wildman–Crippen MR) is 104 cm³/mol. The topological polar surface area (TPSA) is 53.1 Å². The molecule has 3 saturated heterocycles. The maximum atomic E-state index is 13.5. The summed E-state index contributed by atoms with van der Waals surface area (Å²) in [6.45, 7) is 6.56. The maximum absolute atomic E-state index is 13.5. The molecule has 1 unspecified atom stereocenters. The van der Waals surface area contributed by atoms with Gasteiger partial charge in [0.25, 0.3) is 0 Å². The van der Waals surface area contributed by atoms with Crippen molar-refractivity contribution in [3.63, 3.8) is 0 Å². The van der Waals surface area contributed by atoms with Crippen LogP contribution in [0.5, 0.6) is 0 Å². The number of amides is 2. The molecule has 28 heavy (non-hydrogen) atoms. The monoisotopic (exact) mass is 383 g/mol. The molecule has 1 aliphatic carbocycles. The van der Waals surface area contributed by atoms with Crippen LogP contribution in [-0.2, 0) is 20.9 Å². The van der Waals surface area contributed by atoms with Crippen LogP contribution in [0.25, 0.3) is 0 Å². The summed E-state index contributed by atoms with van der Waals surface area (Å²) in [4.78, 5) is 32.5. The first-order valence-corrected chi connectivity index (χ1v) is 10.6. The summed E-state index contributed by atoms with van der Waals surface area (Å²) in [5.41, 5.74) is 0.807. The number of benzene rings is 1. The SMILES string of the molecule is O=C(C1CC1)N1CC2COC[C@]2(C(=O)N2CCN(Cc3ccccc3)CC2)C1. The average molecular weight is 383 g/mol. The lowest BCUT2D eigenvalue weighted by molar-refractivity contribution is -0.145. The third kappa shape index (κ3) is 3.22. The second-order valence-corrected chi connectivity index (χ2v) is 8.92. The zero-order chi connectivity index (χ0) is 19.1. The zero-order valence-electron chi connectivity index (χ0n) is 16.4. The zero-order valence-corrected chi connectivity index (χ0v) is 16.4. The Balaban J connectivity index is 1.22. The highest BCUT2D eigenvalue weighted by Gasteiger charge is 2.58. The molecule has 0 aromatic heterocycles. The summed E-state index contributed by atoms with van der Waals surface area (Å²) in [7, 11) is 0. The van der Waals surface area contributed by atoms with E-state index in [4.69, 9.17) is 4.74 Å². The molecule has 0 spiro atoms. The van der Waals surface area contributed by atoms with Crippen molar-refractivity contribution in [1.82, 2.24) is 14.7 Å². The molecule has 3 aliphatic heterocycles. The van der Waals surface area contributed by atoms with Gasteiger partial charge < -0.3 is 14.5 Å². The number of carbonyl (C=O) groups is 2. The number of ether oxygens (including phenoxy) is 1. The fraction of sp³-hybridized carbons (Fsp3) is 0.636. The summed E-state index contributed by atoms with van der Waals surface area (Å²) in [5, 5.41) is 0. The van der Waals surface area contributed by atoms with E-state index in [0.717, 1.165) is 45.6 Å². The van der Waals surface area contributed by atoms with E-state index >= 15 is 0 Å². The fourth-order valence-electron chi connectivity index (χ4n) is 5.06. The first kappa shape index (κ1) is 18.1. The van der Waals surface area contributed by atoms with Crippen molar-refractivity contribution in [3.8, 4) is 0 Å². The number of nitrogens with zero attached hydrogens (tertiary/aromatic N) is 3. The normalized spacial score (nSPS) is 30.5. The van der Waals surface area contributed by atoms with Crippen molar-refractivity contribution in [2.75, 3.05) is 52.5 Å².